The second-order valence-corrected chi connectivity index (χ2v) is 6.98. The van der Waals surface area contributed by atoms with E-state index in [1.807, 2.05) is 24.3 Å². The van der Waals surface area contributed by atoms with Crippen molar-refractivity contribution in [3.63, 3.8) is 0 Å². The van der Waals surface area contributed by atoms with Crippen LogP contribution >= 0.6 is 11.6 Å². The first-order valence-electron chi connectivity index (χ1n) is 9.20. The van der Waals surface area contributed by atoms with E-state index in [2.05, 4.69) is 9.89 Å². The molecule has 1 aromatic heterocycles. The summed E-state index contributed by atoms with van der Waals surface area (Å²) in [6.07, 6.45) is 1.63. The second kappa shape index (κ2) is 8.51. The number of carboxylic acids is 1. The minimum absolute atomic E-state index is 0.149. The van der Waals surface area contributed by atoms with Crippen molar-refractivity contribution in [1.82, 2.24) is 0 Å². The summed E-state index contributed by atoms with van der Waals surface area (Å²) in [4.78, 5) is 17.9. The Morgan fingerprint density at radius 2 is 1.83 bits per heavy atom. The van der Waals surface area contributed by atoms with E-state index in [4.69, 9.17) is 25.9 Å². The summed E-state index contributed by atoms with van der Waals surface area (Å²) in [6.45, 7) is 3.28. The molecule has 1 fully saturated rings. The van der Waals surface area contributed by atoms with Gasteiger partial charge in [-0.2, -0.15) is 0 Å². The molecule has 2 heterocycles. The third kappa shape index (κ3) is 4.50. The van der Waals surface area contributed by atoms with Gasteiger partial charge in [0.15, 0.2) is 0 Å². The highest BCUT2D eigenvalue weighted by molar-refractivity contribution is 6.33. The summed E-state index contributed by atoms with van der Waals surface area (Å²) in [7, 11) is 0. The fourth-order valence-electron chi connectivity index (χ4n) is 3.12. The van der Waals surface area contributed by atoms with Gasteiger partial charge in [0, 0.05) is 24.3 Å². The first kappa shape index (κ1) is 19.2. The number of halogens is 1. The number of carbonyl (C=O) groups is 1. The lowest BCUT2D eigenvalue weighted by Gasteiger charge is -2.28. The number of aromatic carboxylic acids is 1. The first-order chi connectivity index (χ1) is 14.1. The van der Waals surface area contributed by atoms with Crippen molar-refractivity contribution in [1.29, 1.82) is 0 Å². The summed E-state index contributed by atoms with van der Waals surface area (Å²) in [5, 5.41) is 9.58. The Morgan fingerprint density at radius 1 is 1.07 bits per heavy atom. The molecule has 1 N–H and O–H groups in total. The lowest BCUT2D eigenvalue weighted by molar-refractivity contribution is 0.0697. The Morgan fingerprint density at radius 3 is 2.55 bits per heavy atom. The molecule has 0 unspecified atom stereocenters. The Kier molecular flexibility index (Phi) is 5.64. The average molecular weight is 411 g/mol. The zero-order valence-electron chi connectivity index (χ0n) is 15.5. The fourth-order valence-corrected chi connectivity index (χ4v) is 3.33. The van der Waals surface area contributed by atoms with Crippen molar-refractivity contribution in [3.05, 3.63) is 70.9 Å². The van der Waals surface area contributed by atoms with Gasteiger partial charge in [0.05, 0.1) is 35.7 Å². The van der Waals surface area contributed by atoms with Gasteiger partial charge in [-0.25, -0.2) is 4.79 Å². The summed E-state index contributed by atoms with van der Waals surface area (Å²) in [6, 6.07) is 16.0. The number of rotatable bonds is 5. The van der Waals surface area contributed by atoms with Crippen molar-refractivity contribution < 1.29 is 19.1 Å². The van der Waals surface area contributed by atoms with Crippen LogP contribution in [0.1, 0.15) is 16.1 Å². The molecular formula is C22H19ClN2O4. The maximum Gasteiger partial charge on any atom is 0.335 e. The fraction of sp³-hybridized carbons (Fsp3) is 0.182. The van der Waals surface area contributed by atoms with Crippen LogP contribution in [0, 0.1) is 0 Å². The highest BCUT2D eigenvalue weighted by atomic mass is 35.5. The Balaban J connectivity index is 1.48. The van der Waals surface area contributed by atoms with Crippen LogP contribution in [0.3, 0.4) is 0 Å². The number of hydrogen-bond acceptors (Lipinski definition) is 5. The Hall–Kier alpha value is -3.09. The van der Waals surface area contributed by atoms with E-state index >= 15 is 0 Å². The predicted octanol–water partition coefficient (Wildman–Crippen LogP) is 4.89. The molecule has 0 aliphatic carbocycles. The summed E-state index contributed by atoms with van der Waals surface area (Å²) in [5.74, 6) is 0.0213. The van der Waals surface area contributed by atoms with Crippen LogP contribution in [-0.4, -0.2) is 43.6 Å². The van der Waals surface area contributed by atoms with Crippen LogP contribution in [0.15, 0.2) is 64.0 Å². The molecular weight excluding hydrogens is 392 g/mol. The lowest BCUT2D eigenvalue weighted by atomic mass is 10.1. The lowest BCUT2D eigenvalue weighted by Crippen LogP contribution is -2.36. The molecule has 0 radical (unpaired) electrons. The predicted molar refractivity (Wildman–Crippen MR) is 113 cm³/mol. The van der Waals surface area contributed by atoms with Gasteiger partial charge in [0.2, 0.25) is 0 Å². The van der Waals surface area contributed by atoms with Gasteiger partial charge in [0.25, 0.3) is 0 Å². The van der Waals surface area contributed by atoms with Crippen molar-refractivity contribution in [2.75, 3.05) is 31.2 Å². The molecule has 0 atom stereocenters. The molecule has 1 saturated heterocycles. The number of carboxylic acid groups (broad SMARTS) is 1. The highest BCUT2D eigenvalue weighted by Gasteiger charge is 2.13. The van der Waals surface area contributed by atoms with Gasteiger partial charge < -0.3 is 19.2 Å². The molecule has 0 bridgehead atoms. The molecule has 1 aliphatic heterocycles. The Bertz CT molecular complexity index is 1040. The number of morpholine rings is 1. The first-order valence-corrected chi connectivity index (χ1v) is 9.58. The molecule has 1 aliphatic rings. The van der Waals surface area contributed by atoms with Gasteiger partial charge in [-0.1, -0.05) is 11.6 Å². The van der Waals surface area contributed by atoms with Crippen LogP contribution in [0.4, 0.5) is 11.4 Å². The van der Waals surface area contributed by atoms with Crippen LogP contribution in [0.2, 0.25) is 5.02 Å². The molecule has 0 spiro atoms. The van der Waals surface area contributed by atoms with E-state index < -0.39 is 5.97 Å². The summed E-state index contributed by atoms with van der Waals surface area (Å²) in [5.41, 5.74) is 2.64. The van der Waals surface area contributed by atoms with Crippen molar-refractivity contribution in [2.24, 2.45) is 4.99 Å². The van der Waals surface area contributed by atoms with Crippen molar-refractivity contribution in [3.8, 4) is 11.3 Å². The average Bonchev–Trinajstić information content (AvgIpc) is 3.22. The van der Waals surface area contributed by atoms with Gasteiger partial charge in [-0.15, -0.1) is 0 Å². The minimum atomic E-state index is -1.02. The van der Waals surface area contributed by atoms with Crippen LogP contribution in [0.25, 0.3) is 11.3 Å². The molecule has 29 heavy (non-hydrogen) atoms. The Labute approximate surface area is 173 Å². The molecule has 148 valence electrons. The third-order valence-corrected chi connectivity index (χ3v) is 5.00. The van der Waals surface area contributed by atoms with E-state index in [1.165, 1.54) is 12.1 Å². The van der Waals surface area contributed by atoms with E-state index in [1.54, 1.807) is 24.4 Å². The normalized spacial score (nSPS) is 14.4. The van der Waals surface area contributed by atoms with E-state index in [9.17, 15) is 4.79 Å². The standard InChI is InChI=1S/C22H19ClN2O4/c23-20-7-1-15(22(26)27)13-19(20)21-8-6-18(29-21)14-24-16-2-4-17(5-3-16)25-9-11-28-12-10-25/h1-8,13-14H,9-12H2,(H,26,27). The summed E-state index contributed by atoms with van der Waals surface area (Å²) < 4.78 is 11.2. The third-order valence-electron chi connectivity index (χ3n) is 4.67. The SMILES string of the molecule is O=C(O)c1ccc(Cl)c(-c2ccc(C=Nc3ccc(N4CCOCC4)cc3)o2)c1. The number of aliphatic imine (C=N–C) groups is 1. The monoisotopic (exact) mass is 410 g/mol. The van der Waals surface area contributed by atoms with E-state index in [0.717, 1.165) is 37.7 Å². The van der Waals surface area contributed by atoms with Crippen molar-refractivity contribution in [2.45, 2.75) is 0 Å². The summed E-state index contributed by atoms with van der Waals surface area (Å²) >= 11 is 6.20. The number of ether oxygens (including phenoxy) is 1. The zero-order valence-corrected chi connectivity index (χ0v) is 16.3. The van der Waals surface area contributed by atoms with Crippen LogP contribution in [0.5, 0.6) is 0 Å². The van der Waals surface area contributed by atoms with Gasteiger partial charge in [0.1, 0.15) is 11.5 Å². The molecule has 3 aromatic rings. The molecule has 6 nitrogen and oxygen atoms in total. The number of hydrogen-bond donors (Lipinski definition) is 1. The number of nitrogens with zero attached hydrogens (tertiary/aromatic N) is 2. The number of anilines is 1. The second-order valence-electron chi connectivity index (χ2n) is 6.58. The zero-order chi connectivity index (χ0) is 20.2. The topological polar surface area (TPSA) is 75.3 Å². The maximum absolute atomic E-state index is 11.2. The highest BCUT2D eigenvalue weighted by Crippen LogP contribution is 2.30. The van der Waals surface area contributed by atoms with Gasteiger partial charge in [-0.3, -0.25) is 4.99 Å². The smallest absolute Gasteiger partial charge is 0.335 e. The molecule has 7 heteroatoms. The largest absolute Gasteiger partial charge is 0.478 e. The molecule has 0 saturated carbocycles. The van der Waals surface area contributed by atoms with Crippen molar-refractivity contribution >= 4 is 35.2 Å². The number of benzene rings is 2. The quantitative estimate of drug-likeness (QED) is 0.606. The van der Waals surface area contributed by atoms with Crippen LogP contribution < -0.4 is 4.90 Å². The molecule has 2 aromatic carbocycles. The molecule has 0 amide bonds. The van der Waals surface area contributed by atoms with E-state index in [-0.39, 0.29) is 5.56 Å². The van der Waals surface area contributed by atoms with Gasteiger partial charge >= 0.3 is 5.97 Å². The van der Waals surface area contributed by atoms with Crippen LogP contribution in [-0.2, 0) is 4.74 Å². The van der Waals surface area contributed by atoms with E-state index in [0.29, 0.717) is 22.1 Å². The molecule has 4 rings (SSSR count). The number of furan rings is 1. The van der Waals surface area contributed by atoms with Gasteiger partial charge in [-0.05, 0) is 54.6 Å². The minimum Gasteiger partial charge on any atom is -0.478 e. The maximum atomic E-state index is 11.2.